The normalized spacial score (nSPS) is 10.6. The second-order valence-electron chi connectivity index (χ2n) is 3.81. The molecule has 0 spiro atoms. The van der Waals surface area contributed by atoms with Crippen LogP contribution in [-0.2, 0) is 0 Å². The number of nitrogens with two attached hydrogens (primary N) is 1. The Morgan fingerprint density at radius 1 is 1.00 bits per heavy atom. The lowest BCUT2D eigenvalue weighted by Crippen LogP contribution is -2.02. The average Bonchev–Trinajstić information content (AvgIpc) is 2.30. The maximum Gasteiger partial charge on any atom is 0.159 e. The minimum Gasteiger partial charge on any atom is -0.382 e. The van der Waals surface area contributed by atoms with Gasteiger partial charge in [0.15, 0.2) is 11.6 Å². The third-order valence-electron chi connectivity index (χ3n) is 2.75. The van der Waals surface area contributed by atoms with Gasteiger partial charge in [-0.1, -0.05) is 0 Å². The summed E-state index contributed by atoms with van der Waals surface area (Å²) >= 11 is 0. The van der Waals surface area contributed by atoms with Crippen molar-refractivity contribution in [1.29, 1.82) is 0 Å². The third-order valence-corrected chi connectivity index (χ3v) is 2.75. The molecule has 0 saturated carbocycles. The number of halogens is 2. The molecule has 88 valence electrons. The van der Waals surface area contributed by atoms with E-state index in [1.165, 1.54) is 6.07 Å². The van der Waals surface area contributed by atoms with Gasteiger partial charge >= 0.3 is 0 Å². The van der Waals surface area contributed by atoms with Crippen LogP contribution in [0.15, 0.2) is 18.2 Å². The van der Waals surface area contributed by atoms with Gasteiger partial charge in [0.1, 0.15) is 5.82 Å². The predicted molar refractivity (Wildman–Crippen MR) is 61.3 cm³/mol. The van der Waals surface area contributed by atoms with Crippen LogP contribution in [0.5, 0.6) is 0 Å². The molecule has 2 rings (SSSR count). The first-order valence-corrected chi connectivity index (χ1v) is 5.05. The summed E-state index contributed by atoms with van der Waals surface area (Å²) in [7, 11) is 0. The largest absolute Gasteiger partial charge is 0.382 e. The second kappa shape index (κ2) is 4.08. The lowest BCUT2D eigenvalue weighted by atomic mass is 10.0. The molecule has 2 aromatic rings. The van der Waals surface area contributed by atoms with E-state index in [0.29, 0.717) is 17.1 Å². The molecular weight excluding hydrogens is 224 g/mol. The van der Waals surface area contributed by atoms with Crippen molar-refractivity contribution in [3.05, 3.63) is 41.0 Å². The maximum atomic E-state index is 13.1. The fraction of sp³-hybridized carbons (Fsp3) is 0.167. The smallest absolute Gasteiger partial charge is 0.159 e. The van der Waals surface area contributed by atoms with Crippen molar-refractivity contribution >= 4 is 5.82 Å². The molecule has 0 aliphatic heterocycles. The number of rotatable bonds is 1. The number of anilines is 1. The zero-order chi connectivity index (χ0) is 12.6. The highest BCUT2D eigenvalue weighted by atomic mass is 19.2. The van der Waals surface area contributed by atoms with E-state index in [0.717, 1.165) is 23.3 Å². The summed E-state index contributed by atoms with van der Waals surface area (Å²) in [4.78, 5) is 0. The second-order valence-corrected chi connectivity index (χ2v) is 3.81. The monoisotopic (exact) mass is 235 g/mol. The van der Waals surface area contributed by atoms with Crippen molar-refractivity contribution in [1.82, 2.24) is 10.2 Å². The van der Waals surface area contributed by atoms with Gasteiger partial charge in [-0.25, -0.2) is 8.78 Å². The summed E-state index contributed by atoms with van der Waals surface area (Å²) in [6, 6.07) is 3.63. The molecule has 0 aliphatic carbocycles. The molecule has 0 fully saturated rings. The first-order valence-electron chi connectivity index (χ1n) is 5.05. The number of hydrogen-bond acceptors (Lipinski definition) is 3. The van der Waals surface area contributed by atoms with Crippen molar-refractivity contribution in [3.8, 4) is 11.3 Å². The molecule has 0 amide bonds. The highest BCUT2D eigenvalue weighted by Crippen LogP contribution is 2.25. The van der Waals surface area contributed by atoms with E-state index in [-0.39, 0.29) is 0 Å². The van der Waals surface area contributed by atoms with E-state index in [2.05, 4.69) is 10.2 Å². The number of hydrogen-bond donors (Lipinski definition) is 1. The van der Waals surface area contributed by atoms with Gasteiger partial charge in [0.05, 0.1) is 5.69 Å². The van der Waals surface area contributed by atoms with Crippen LogP contribution in [0.1, 0.15) is 11.1 Å². The predicted octanol–water partition coefficient (Wildman–Crippen LogP) is 2.62. The summed E-state index contributed by atoms with van der Waals surface area (Å²) < 4.78 is 26.0. The molecule has 0 aliphatic rings. The van der Waals surface area contributed by atoms with Gasteiger partial charge < -0.3 is 5.73 Å². The van der Waals surface area contributed by atoms with Crippen LogP contribution in [0.25, 0.3) is 11.3 Å². The summed E-state index contributed by atoms with van der Waals surface area (Å²) in [5, 5.41) is 7.70. The number of aromatic nitrogens is 2. The minimum atomic E-state index is -0.904. The first-order chi connectivity index (χ1) is 8.00. The minimum absolute atomic E-state index is 0.342. The van der Waals surface area contributed by atoms with Gasteiger partial charge in [-0.3, -0.25) is 0 Å². The first kappa shape index (κ1) is 11.4. The van der Waals surface area contributed by atoms with Crippen molar-refractivity contribution in [2.75, 3.05) is 5.73 Å². The van der Waals surface area contributed by atoms with Crippen molar-refractivity contribution in [2.45, 2.75) is 13.8 Å². The van der Waals surface area contributed by atoms with Gasteiger partial charge in [-0.15, -0.1) is 10.2 Å². The Bertz CT molecular complexity index is 582. The van der Waals surface area contributed by atoms with Gasteiger partial charge in [0.2, 0.25) is 0 Å². The van der Waals surface area contributed by atoms with E-state index in [1.54, 1.807) is 0 Å². The quantitative estimate of drug-likeness (QED) is 0.826. The molecule has 1 heterocycles. The van der Waals surface area contributed by atoms with Crippen LogP contribution in [0.3, 0.4) is 0 Å². The van der Waals surface area contributed by atoms with Crippen LogP contribution < -0.4 is 5.73 Å². The molecule has 1 aromatic heterocycles. The van der Waals surface area contributed by atoms with Gasteiger partial charge in [0.25, 0.3) is 0 Å². The van der Waals surface area contributed by atoms with Crippen LogP contribution in [0.4, 0.5) is 14.6 Å². The Morgan fingerprint density at radius 2 is 1.71 bits per heavy atom. The fourth-order valence-corrected chi connectivity index (χ4v) is 1.54. The topological polar surface area (TPSA) is 51.8 Å². The van der Waals surface area contributed by atoms with E-state index < -0.39 is 11.6 Å². The summed E-state index contributed by atoms with van der Waals surface area (Å²) in [6.45, 7) is 3.62. The average molecular weight is 235 g/mol. The summed E-state index contributed by atoms with van der Waals surface area (Å²) in [5.74, 6) is -1.45. The highest BCUT2D eigenvalue weighted by Gasteiger charge is 2.11. The lowest BCUT2D eigenvalue weighted by Gasteiger charge is -2.08. The molecule has 17 heavy (non-hydrogen) atoms. The molecule has 0 radical (unpaired) electrons. The number of benzene rings is 1. The standard InChI is InChI=1S/C12H11F2N3/c1-6-7(2)12(15)17-16-11(6)8-3-4-9(13)10(14)5-8/h3-5H,1-2H3,(H2,15,17). The van der Waals surface area contributed by atoms with Crippen LogP contribution >= 0.6 is 0 Å². The van der Waals surface area contributed by atoms with Crippen molar-refractivity contribution < 1.29 is 8.78 Å². The maximum absolute atomic E-state index is 13.1. The summed E-state index contributed by atoms with van der Waals surface area (Å²) in [5.41, 5.74) is 8.21. The lowest BCUT2D eigenvalue weighted by molar-refractivity contribution is 0.509. The van der Waals surface area contributed by atoms with Crippen LogP contribution in [0.2, 0.25) is 0 Å². The Kier molecular flexibility index (Phi) is 2.75. The number of nitrogens with zero attached hydrogens (tertiary/aromatic N) is 2. The van der Waals surface area contributed by atoms with Crippen molar-refractivity contribution in [3.63, 3.8) is 0 Å². The van der Waals surface area contributed by atoms with E-state index in [9.17, 15) is 8.78 Å². The highest BCUT2D eigenvalue weighted by molar-refractivity contribution is 5.65. The molecular formula is C12H11F2N3. The Labute approximate surface area is 97.3 Å². The summed E-state index contributed by atoms with van der Waals surface area (Å²) in [6.07, 6.45) is 0. The van der Waals surface area contributed by atoms with E-state index >= 15 is 0 Å². The van der Waals surface area contributed by atoms with Gasteiger partial charge in [-0.05, 0) is 43.2 Å². The molecule has 1 aromatic carbocycles. The Morgan fingerprint density at radius 3 is 2.35 bits per heavy atom. The Hall–Kier alpha value is -2.04. The fourth-order valence-electron chi connectivity index (χ4n) is 1.54. The van der Waals surface area contributed by atoms with E-state index in [1.807, 2.05) is 13.8 Å². The van der Waals surface area contributed by atoms with Gasteiger partial charge in [0, 0.05) is 5.56 Å². The molecule has 5 heteroatoms. The SMILES string of the molecule is Cc1c(N)nnc(-c2ccc(F)c(F)c2)c1C. The molecule has 0 saturated heterocycles. The van der Waals surface area contributed by atoms with E-state index in [4.69, 9.17) is 5.73 Å². The molecule has 3 nitrogen and oxygen atoms in total. The molecule has 2 N–H and O–H groups in total. The zero-order valence-corrected chi connectivity index (χ0v) is 9.46. The van der Waals surface area contributed by atoms with Crippen molar-refractivity contribution in [2.24, 2.45) is 0 Å². The van der Waals surface area contributed by atoms with Gasteiger partial charge in [-0.2, -0.15) is 0 Å². The Balaban J connectivity index is 2.61. The van der Waals surface area contributed by atoms with Crippen LogP contribution in [-0.4, -0.2) is 10.2 Å². The molecule has 0 unspecified atom stereocenters. The number of nitrogen functional groups attached to an aromatic ring is 1. The molecule has 0 atom stereocenters. The molecule has 0 bridgehead atoms. The third kappa shape index (κ3) is 1.95. The zero-order valence-electron chi connectivity index (χ0n) is 9.46. The van der Waals surface area contributed by atoms with Crippen LogP contribution in [0, 0.1) is 25.5 Å².